The van der Waals surface area contributed by atoms with E-state index in [1.54, 1.807) is 0 Å². The second-order valence-electron chi connectivity index (χ2n) is 9.03. The minimum absolute atomic E-state index is 0.0212. The van der Waals surface area contributed by atoms with Crippen LogP contribution < -0.4 is 10.6 Å². The fourth-order valence-corrected chi connectivity index (χ4v) is 3.98. The summed E-state index contributed by atoms with van der Waals surface area (Å²) in [5.74, 6) is 0.728. The van der Waals surface area contributed by atoms with Crippen LogP contribution in [-0.4, -0.2) is 36.9 Å². The predicted octanol–water partition coefficient (Wildman–Crippen LogP) is 3.93. The van der Waals surface area contributed by atoms with Crippen LogP contribution in [0.3, 0.4) is 0 Å². The van der Waals surface area contributed by atoms with Gasteiger partial charge in [0.25, 0.3) is 0 Å². The first-order valence-corrected chi connectivity index (χ1v) is 10.9. The van der Waals surface area contributed by atoms with E-state index in [1.165, 1.54) is 5.56 Å². The van der Waals surface area contributed by atoms with Crippen LogP contribution in [0.5, 0.6) is 0 Å². The van der Waals surface area contributed by atoms with Gasteiger partial charge in [0.1, 0.15) is 0 Å². The second kappa shape index (κ2) is 8.60. The number of nitrogens with zero attached hydrogens (tertiary/aromatic N) is 1. The van der Waals surface area contributed by atoms with Crippen LogP contribution in [-0.2, 0) is 9.59 Å². The Balaban J connectivity index is 1.62. The third-order valence-corrected chi connectivity index (χ3v) is 6.14. The van der Waals surface area contributed by atoms with Crippen LogP contribution in [0.15, 0.2) is 48.5 Å². The van der Waals surface area contributed by atoms with Crippen LogP contribution in [0.4, 0.5) is 5.69 Å². The minimum atomic E-state index is -0.292. The van der Waals surface area contributed by atoms with E-state index in [0.29, 0.717) is 5.92 Å². The van der Waals surface area contributed by atoms with Gasteiger partial charge in [0.05, 0.1) is 12.0 Å². The van der Waals surface area contributed by atoms with Crippen molar-refractivity contribution >= 4 is 17.5 Å². The summed E-state index contributed by atoms with van der Waals surface area (Å²) < 4.78 is 0. The van der Waals surface area contributed by atoms with Gasteiger partial charge in [0.2, 0.25) is 11.8 Å². The maximum absolute atomic E-state index is 12.7. The Labute approximate surface area is 178 Å². The third kappa shape index (κ3) is 4.57. The van der Waals surface area contributed by atoms with Crippen molar-refractivity contribution in [3.63, 3.8) is 0 Å². The number of nitrogens with one attached hydrogen (secondary N) is 2. The monoisotopic (exact) mass is 405 g/mol. The molecule has 5 heteroatoms. The molecule has 1 unspecified atom stereocenters. The number of rotatable bonds is 7. The first-order chi connectivity index (χ1) is 14.4. The minimum Gasteiger partial charge on any atom is -0.345 e. The highest BCUT2D eigenvalue weighted by atomic mass is 16.2. The normalized spacial score (nSPS) is 18.0. The van der Waals surface area contributed by atoms with E-state index in [0.717, 1.165) is 42.7 Å². The highest BCUT2D eigenvalue weighted by Crippen LogP contribution is 2.34. The zero-order chi connectivity index (χ0) is 21.3. The molecule has 1 atom stereocenters. The quantitative estimate of drug-likeness (QED) is 0.734. The highest BCUT2D eigenvalue weighted by molar-refractivity contribution is 5.94. The molecule has 4 rings (SSSR count). The summed E-state index contributed by atoms with van der Waals surface area (Å²) in [6.45, 7) is 5.91. The number of carbonyl (C=O) groups excluding carboxylic acids is 2. The summed E-state index contributed by atoms with van der Waals surface area (Å²) >= 11 is 0. The van der Waals surface area contributed by atoms with Gasteiger partial charge in [-0.1, -0.05) is 56.3 Å². The largest absolute Gasteiger partial charge is 0.345 e. The van der Waals surface area contributed by atoms with Crippen molar-refractivity contribution in [1.29, 1.82) is 0 Å². The van der Waals surface area contributed by atoms with Crippen LogP contribution in [0.2, 0.25) is 0 Å². The van der Waals surface area contributed by atoms with Gasteiger partial charge < -0.3 is 15.5 Å². The molecule has 1 saturated carbocycles. The molecule has 0 aromatic heterocycles. The van der Waals surface area contributed by atoms with E-state index in [9.17, 15) is 9.59 Å². The average molecular weight is 406 g/mol. The molecule has 2 aromatic carbocycles. The fraction of sp³-hybridized carbons (Fsp3) is 0.440. The lowest BCUT2D eigenvalue weighted by Crippen LogP contribution is -2.49. The van der Waals surface area contributed by atoms with Gasteiger partial charge >= 0.3 is 0 Å². The first-order valence-electron chi connectivity index (χ1n) is 10.9. The fourth-order valence-electron chi connectivity index (χ4n) is 3.98. The van der Waals surface area contributed by atoms with E-state index in [2.05, 4.69) is 53.6 Å². The van der Waals surface area contributed by atoms with E-state index in [1.807, 2.05) is 31.3 Å². The smallest absolute Gasteiger partial charge is 0.230 e. The Morgan fingerprint density at radius 1 is 0.900 bits per heavy atom. The number of para-hydroxylation sites is 1. The van der Waals surface area contributed by atoms with Gasteiger partial charge in [0.15, 0.2) is 0 Å². The summed E-state index contributed by atoms with van der Waals surface area (Å²) in [6, 6.07) is 15.9. The number of hydrogen-bond acceptors (Lipinski definition) is 3. The van der Waals surface area contributed by atoms with Gasteiger partial charge in [-0.15, -0.1) is 0 Å². The molecule has 0 radical (unpaired) electrons. The SMILES string of the molecule is CC(C)c1ccc(C(NC(=O)C2CC2)c2ccccc2NC(=O)C2CN(C)C2)cc1. The molecule has 1 aliphatic heterocycles. The van der Waals surface area contributed by atoms with Crippen LogP contribution in [0.1, 0.15) is 55.3 Å². The van der Waals surface area contributed by atoms with Crippen molar-refractivity contribution in [3.05, 3.63) is 65.2 Å². The molecular weight excluding hydrogens is 374 g/mol. The van der Waals surface area contributed by atoms with Crippen molar-refractivity contribution in [2.24, 2.45) is 11.8 Å². The molecule has 0 spiro atoms. The van der Waals surface area contributed by atoms with Crippen LogP contribution in [0.25, 0.3) is 0 Å². The van der Waals surface area contributed by atoms with Crippen LogP contribution >= 0.6 is 0 Å². The van der Waals surface area contributed by atoms with Crippen molar-refractivity contribution in [3.8, 4) is 0 Å². The molecule has 5 nitrogen and oxygen atoms in total. The van der Waals surface area contributed by atoms with Gasteiger partial charge in [0, 0.05) is 30.3 Å². The van der Waals surface area contributed by atoms with Crippen molar-refractivity contribution in [2.45, 2.75) is 38.6 Å². The lowest BCUT2D eigenvalue weighted by atomic mass is 9.93. The number of hydrogen-bond donors (Lipinski definition) is 2. The van der Waals surface area contributed by atoms with E-state index >= 15 is 0 Å². The summed E-state index contributed by atoms with van der Waals surface area (Å²) in [6.07, 6.45) is 1.91. The maximum Gasteiger partial charge on any atom is 0.230 e. The second-order valence-corrected chi connectivity index (χ2v) is 9.03. The Kier molecular flexibility index (Phi) is 5.91. The van der Waals surface area contributed by atoms with E-state index < -0.39 is 0 Å². The number of amides is 2. The predicted molar refractivity (Wildman–Crippen MR) is 119 cm³/mol. The van der Waals surface area contributed by atoms with E-state index in [4.69, 9.17) is 0 Å². The molecule has 158 valence electrons. The van der Waals surface area contributed by atoms with Crippen molar-refractivity contribution in [2.75, 3.05) is 25.5 Å². The summed E-state index contributed by atoms with van der Waals surface area (Å²) in [5.41, 5.74) is 3.98. The average Bonchev–Trinajstić information content (AvgIpc) is 3.55. The number of likely N-dealkylation sites (tertiary alicyclic amines) is 1. The molecule has 2 aromatic rings. The number of carbonyl (C=O) groups is 2. The number of anilines is 1. The third-order valence-electron chi connectivity index (χ3n) is 6.14. The molecule has 2 amide bonds. The summed E-state index contributed by atoms with van der Waals surface area (Å²) in [4.78, 5) is 27.5. The molecule has 1 saturated heterocycles. The van der Waals surface area contributed by atoms with Crippen molar-refractivity contribution in [1.82, 2.24) is 10.2 Å². The number of benzene rings is 2. The summed E-state index contributed by atoms with van der Waals surface area (Å²) in [5, 5.41) is 6.35. The molecule has 2 aliphatic rings. The van der Waals surface area contributed by atoms with Crippen molar-refractivity contribution < 1.29 is 9.59 Å². The topological polar surface area (TPSA) is 61.4 Å². The van der Waals surface area contributed by atoms with Gasteiger partial charge in [-0.2, -0.15) is 0 Å². The highest BCUT2D eigenvalue weighted by Gasteiger charge is 2.33. The zero-order valence-corrected chi connectivity index (χ0v) is 18.0. The molecule has 0 bridgehead atoms. The molecule has 2 N–H and O–H groups in total. The molecular formula is C25H31N3O2. The Morgan fingerprint density at radius 3 is 2.13 bits per heavy atom. The molecule has 2 fully saturated rings. The molecule has 1 heterocycles. The lowest BCUT2D eigenvalue weighted by Gasteiger charge is -2.35. The zero-order valence-electron chi connectivity index (χ0n) is 18.0. The molecule has 30 heavy (non-hydrogen) atoms. The Bertz CT molecular complexity index is 912. The first kappa shape index (κ1) is 20.6. The Morgan fingerprint density at radius 2 is 1.53 bits per heavy atom. The maximum atomic E-state index is 12.7. The Hall–Kier alpha value is -2.66. The molecule has 1 aliphatic carbocycles. The lowest BCUT2D eigenvalue weighted by molar-refractivity contribution is -0.124. The van der Waals surface area contributed by atoms with Crippen LogP contribution in [0, 0.1) is 11.8 Å². The van der Waals surface area contributed by atoms with Gasteiger partial charge in [-0.05, 0) is 43.0 Å². The van der Waals surface area contributed by atoms with Gasteiger partial charge in [-0.3, -0.25) is 9.59 Å². The van der Waals surface area contributed by atoms with Gasteiger partial charge in [-0.25, -0.2) is 0 Å². The van der Waals surface area contributed by atoms with E-state index in [-0.39, 0.29) is 29.7 Å². The summed E-state index contributed by atoms with van der Waals surface area (Å²) in [7, 11) is 2.02. The standard InChI is InChI=1S/C25H31N3O2/c1-16(2)17-8-10-18(11-9-17)23(27-24(29)19-12-13-19)21-6-4-5-7-22(21)26-25(30)20-14-28(3)15-20/h4-11,16,19-20,23H,12-15H2,1-3H3,(H,26,30)(H,27,29).